The lowest BCUT2D eigenvalue weighted by molar-refractivity contribution is -0.127. The molecule has 5 heteroatoms. The standard InChI is InChI=1S/C21H24N2O2S/c1-23-11-8-15-13-16(6-7-17(15)23)18(24)14-22-20(25)21(9-2-3-10-21)19-5-4-12-26-19/h4-8,11-13,18,24H,2-3,9-10,14H2,1H3,(H,22,25)/t18-/m1/s1. The quantitative estimate of drug-likeness (QED) is 0.718. The van der Waals surface area contributed by atoms with E-state index in [-0.39, 0.29) is 12.5 Å². The number of benzene rings is 1. The number of aliphatic hydroxyl groups is 1. The highest BCUT2D eigenvalue weighted by Gasteiger charge is 2.43. The van der Waals surface area contributed by atoms with Crippen LogP contribution in [0.25, 0.3) is 10.9 Å². The molecule has 1 amide bonds. The molecule has 1 fully saturated rings. The average Bonchev–Trinajstić information content (AvgIpc) is 3.40. The van der Waals surface area contributed by atoms with Gasteiger partial charge in [0.05, 0.1) is 11.5 Å². The Morgan fingerprint density at radius 2 is 2.12 bits per heavy atom. The van der Waals surface area contributed by atoms with Gasteiger partial charge in [0.1, 0.15) is 0 Å². The van der Waals surface area contributed by atoms with E-state index in [2.05, 4.69) is 16.0 Å². The molecule has 4 rings (SSSR count). The summed E-state index contributed by atoms with van der Waals surface area (Å²) in [4.78, 5) is 14.1. The Bertz CT molecular complexity index is 907. The van der Waals surface area contributed by atoms with Crippen molar-refractivity contribution in [1.82, 2.24) is 9.88 Å². The number of aliphatic hydroxyl groups excluding tert-OH is 1. The van der Waals surface area contributed by atoms with Gasteiger partial charge >= 0.3 is 0 Å². The lowest BCUT2D eigenvalue weighted by Crippen LogP contribution is -2.43. The number of nitrogens with one attached hydrogen (secondary N) is 1. The zero-order chi connectivity index (χ0) is 18.1. The first-order valence-electron chi connectivity index (χ1n) is 9.15. The summed E-state index contributed by atoms with van der Waals surface area (Å²) in [5.74, 6) is 0.0530. The van der Waals surface area contributed by atoms with Gasteiger partial charge in [-0.3, -0.25) is 4.79 Å². The number of hydrogen-bond acceptors (Lipinski definition) is 3. The molecule has 1 aliphatic rings. The van der Waals surface area contributed by atoms with Gasteiger partial charge in [0.2, 0.25) is 5.91 Å². The minimum absolute atomic E-state index is 0.0530. The van der Waals surface area contributed by atoms with Crippen LogP contribution in [0.2, 0.25) is 0 Å². The first kappa shape index (κ1) is 17.3. The van der Waals surface area contributed by atoms with Crippen LogP contribution in [-0.4, -0.2) is 22.1 Å². The van der Waals surface area contributed by atoms with Crippen LogP contribution in [0.4, 0.5) is 0 Å². The maximum Gasteiger partial charge on any atom is 0.231 e. The Balaban J connectivity index is 1.47. The van der Waals surface area contributed by atoms with Gasteiger partial charge in [-0.15, -0.1) is 11.3 Å². The third-order valence-corrected chi connectivity index (χ3v) is 6.71. The Kier molecular flexibility index (Phi) is 4.59. The molecule has 1 aliphatic carbocycles. The molecule has 2 aromatic heterocycles. The molecule has 0 aliphatic heterocycles. The Morgan fingerprint density at radius 1 is 1.31 bits per heavy atom. The first-order chi connectivity index (χ1) is 12.6. The highest BCUT2D eigenvalue weighted by Crippen LogP contribution is 2.43. The topological polar surface area (TPSA) is 54.3 Å². The maximum atomic E-state index is 13.0. The van der Waals surface area contributed by atoms with E-state index < -0.39 is 11.5 Å². The van der Waals surface area contributed by atoms with Crippen molar-refractivity contribution in [2.45, 2.75) is 37.2 Å². The van der Waals surface area contributed by atoms with Gasteiger partial charge in [-0.25, -0.2) is 0 Å². The van der Waals surface area contributed by atoms with E-state index in [4.69, 9.17) is 0 Å². The monoisotopic (exact) mass is 368 g/mol. The van der Waals surface area contributed by atoms with Crippen LogP contribution < -0.4 is 5.32 Å². The van der Waals surface area contributed by atoms with Crippen LogP contribution in [0.1, 0.15) is 42.2 Å². The van der Waals surface area contributed by atoms with Crippen molar-refractivity contribution in [2.24, 2.45) is 7.05 Å². The fourth-order valence-corrected chi connectivity index (χ4v) is 5.08. The van der Waals surface area contributed by atoms with Crippen LogP contribution in [0.3, 0.4) is 0 Å². The molecule has 2 N–H and O–H groups in total. The van der Waals surface area contributed by atoms with Gasteiger partial charge < -0.3 is 15.0 Å². The summed E-state index contributed by atoms with van der Waals surface area (Å²) in [6.45, 7) is 0.240. The van der Waals surface area contributed by atoms with Crippen LogP contribution in [0, 0.1) is 0 Å². The summed E-state index contributed by atoms with van der Waals surface area (Å²) >= 11 is 1.66. The third kappa shape index (κ3) is 2.95. The largest absolute Gasteiger partial charge is 0.387 e. The lowest BCUT2D eigenvalue weighted by Gasteiger charge is -2.27. The molecular formula is C21H24N2O2S. The van der Waals surface area contributed by atoms with Crippen molar-refractivity contribution in [3.63, 3.8) is 0 Å². The second-order valence-electron chi connectivity index (χ2n) is 7.24. The van der Waals surface area contributed by atoms with E-state index in [9.17, 15) is 9.90 Å². The van der Waals surface area contributed by atoms with Crippen molar-refractivity contribution in [2.75, 3.05) is 6.54 Å². The summed E-state index contributed by atoms with van der Waals surface area (Å²) in [7, 11) is 2.00. The molecular weight excluding hydrogens is 344 g/mol. The minimum Gasteiger partial charge on any atom is -0.387 e. The second-order valence-corrected chi connectivity index (χ2v) is 8.18. The number of fused-ring (bicyclic) bond motifs is 1. The van der Waals surface area contributed by atoms with Crippen molar-refractivity contribution < 1.29 is 9.90 Å². The lowest BCUT2D eigenvalue weighted by atomic mass is 9.83. The molecule has 0 unspecified atom stereocenters. The van der Waals surface area contributed by atoms with Crippen molar-refractivity contribution in [3.05, 3.63) is 58.4 Å². The number of aryl methyl sites for hydroxylation is 1. The number of aromatic nitrogens is 1. The number of carbonyl (C=O) groups excluding carboxylic acids is 1. The predicted octanol–water partition coefficient (Wildman–Crippen LogP) is 3.90. The number of rotatable bonds is 5. The fourth-order valence-electron chi connectivity index (χ4n) is 4.10. The third-order valence-electron chi connectivity index (χ3n) is 5.63. The second kappa shape index (κ2) is 6.89. The number of carbonyl (C=O) groups is 1. The van der Waals surface area contributed by atoms with Crippen LogP contribution in [0.5, 0.6) is 0 Å². The van der Waals surface area contributed by atoms with Crippen LogP contribution in [0.15, 0.2) is 48.0 Å². The molecule has 0 spiro atoms. The van der Waals surface area contributed by atoms with E-state index >= 15 is 0 Å². The highest BCUT2D eigenvalue weighted by atomic mass is 32.1. The van der Waals surface area contributed by atoms with E-state index in [0.717, 1.165) is 47.0 Å². The summed E-state index contributed by atoms with van der Waals surface area (Å²) in [6, 6.07) is 12.1. The molecule has 1 atom stereocenters. The van der Waals surface area contributed by atoms with Gasteiger partial charge in [-0.2, -0.15) is 0 Å². The van der Waals surface area contributed by atoms with Crippen LogP contribution >= 0.6 is 11.3 Å². The smallest absolute Gasteiger partial charge is 0.231 e. The zero-order valence-electron chi connectivity index (χ0n) is 14.9. The van der Waals surface area contributed by atoms with Gasteiger partial charge in [0.15, 0.2) is 0 Å². The maximum absolute atomic E-state index is 13.0. The van der Waals surface area contributed by atoms with Crippen LogP contribution in [-0.2, 0) is 17.3 Å². The molecule has 0 bridgehead atoms. The zero-order valence-corrected chi connectivity index (χ0v) is 15.8. The molecule has 0 radical (unpaired) electrons. The minimum atomic E-state index is -0.703. The molecule has 136 valence electrons. The Morgan fingerprint density at radius 3 is 2.85 bits per heavy atom. The molecule has 0 saturated heterocycles. The molecule has 1 aromatic carbocycles. The van der Waals surface area contributed by atoms with Crippen molar-refractivity contribution >= 4 is 28.1 Å². The Hall–Kier alpha value is -2.11. The summed E-state index contributed by atoms with van der Waals surface area (Å²) in [5, 5.41) is 16.7. The predicted molar refractivity (Wildman–Crippen MR) is 105 cm³/mol. The van der Waals surface area contributed by atoms with E-state index in [1.54, 1.807) is 11.3 Å². The van der Waals surface area contributed by atoms with Gasteiger partial charge in [0, 0.05) is 30.2 Å². The highest BCUT2D eigenvalue weighted by molar-refractivity contribution is 7.10. The van der Waals surface area contributed by atoms with E-state index in [0.29, 0.717) is 0 Å². The summed E-state index contributed by atoms with van der Waals surface area (Å²) in [6.07, 6.45) is 5.26. The average molecular weight is 369 g/mol. The molecule has 4 nitrogen and oxygen atoms in total. The normalized spacial score (nSPS) is 17.5. The number of thiophene rings is 1. The SMILES string of the molecule is Cn1ccc2cc([C@H](O)CNC(=O)C3(c4cccs4)CCCC3)ccc21. The fraction of sp³-hybridized carbons (Fsp3) is 0.381. The summed E-state index contributed by atoms with van der Waals surface area (Å²) < 4.78 is 2.05. The molecule has 26 heavy (non-hydrogen) atoms. The van der Waals surface area contributed by atoms with Gasteiger partial charge in [-0.1, -0.05) is 25.0 Å². The first-order valence-corrected chi connectivity index (χ1v) is 10.0. The Labute approximate surface area is 157 Å². The molecule has 2 heterocycles. The van der Waals surface area contributed by atoms with E-state index in [1.165, 1.54) is 0 Å². The van der Waals surface area contributed by atoms with E-state index in [1.807, 2.05) is 49.0 Å². The molecule has 1 saturated carbocycles. The van der Waals surface area contributed by atoms with Gasteiger partial charge in [-0.05, 0) is 53.4 Å². The van der Waals surface area contributed by atoms with Gasteiger partial charge in [0.25, 0.3) is 0 Å². The van der Waals surface area contributed by atoms with Crippen molar-refractivity contribution in [1.29, 1.82) is 0 Å². The number of hydrogen-bond donors (Lipinski definition) is 2. The number of amides is 1. The summed E-state index contributed by atoms with van der Waals surface area (Å²) in [5.41, 5.74) is 1.56. The number of nitrogens with zero attached hydrogens (tertiary/aromatic N) is 1. The van der Waals surface area contributed by atoms with Crippen molar-refractivity contribution in [3.8, 4) is 0 Å². The molecule has 3 aromatic rings.